The van der Waals surface area contributed by atoms with Crippen LogP contribution < -0.4 is 0 Å². The Hall–Kier alpha value is -1.56. The first kappa shape index (κ1) is 20.3. The highest BCUT2D eigenvalue weighted by molar-refractivity contribution is 5.24. The van der Waals surface area contributed by atoms with Gasteiger partial charge in [0.2, 0.25) is 0 Å². The molecular formula is C27H39N3. The van der Waals surface area contributed by atoms with Crippen molar-refractivity contribution in [3.63, 3.8) is 0 Å². The average molecular weight is 406 g/mol. The van der Waals surface area contributed by atoms with Crippen LogP contribution in [0.25, 0.3) is 0 Å². The Balaban J connectivity index is 1.34. The van der Waals surface area contributed by atoms with Gasteiger partial charge in [-0.1, -0.05) is 26.8 Å². The minimum Gasteiger partial charge on any atom is -0.265 e. The Bertz CT molecular complexity index is 847. The van der Waals surface area contributed by atoms with Crippen LogP contribution >= 0.6 is 0 Å². The molecule has 0 aromatic carbocycles. The SMILES string of the molecule is C=C(C(C)n1cc(C#N)cn1)C1CCC2C3CCC4CC(C)CCC4C3CCC12C. The Morgan fingerprint density at radius 1 is 1.17 bits per heavy atom. The molecule has 1 heterocycles. The molecule has 9 atom stereocenters. The molecule has 0 radical (unpaired) electrons. The van der Waals surface area contributed by atoms with E-state index in [0.29, 0.717) is 16.9 Å². The number of fused-ring (bicyclic) bond motifs is 5. The lowest BCUT2D eigenvalue weighted by Gasteiger charge is -2.56. The first-order chi connectivity index (χ1) is 14.4. The van der Waals surface area contributed by atoms with E-state index >= 15 is 0 Å². The van der Waals surface area contributed by atoms with Gasteiger partial charge in [-0.2, -0.15) is 10.4 Å². The average Bonchev–Trinajstić information content (AvgIpc) is 3.36. The number of hydrogen-bond donors (Lipinski definition) is 0. The maximum absolute atomic E-state index is 9.16. The summed E-state index contributed by atoms with van der Waals surface area (Å²) in [6.07, 6.45) is 16.5. The number of hydrogen-bond acceptors (Lipinski definition) is 2. The zero-order valence-corrected chi connectivity index (χ0v) is 19.2. The molecule has 1 aromatic heterocycles. The number of aromatic nitrogens is 2. The van der Waals surface area contributed by atoms with Crippen molar-refractivity contribution in [1.29, 1.82) is 5.26 Å². The number of nitriles is 1. The highest BCUT2D eigenvalue weighted by Gasteiger charge is 2.57. The van der Waals surface area contributed by atoms with Gasteiger partial charge >= 0.3 is 0 Å². The van der Waals surface area contributed by atoms with E-state index in [2.05, 4.69) is 38.5 Å². The van der Waals surface area contributed by atoms with Crippen molar-refractivity contribution >= 4 is 0 Å². The van der Waals surface area contributed by atoms with Gasteiger partial charge in [0.1, 0.15) is 6.07 Å². The fraction of sp³-hybridized carbons (Fsp3) is 0.778. The van der Waals surface area contributed by atoms with E-state index in [1.165, 1.54) is 63.4 Å². The summed E-state index contributed by atoms with van der Waals surface area (Å²) < 4.78 is 1.96. The molecule has 3 heteroatoms. The molecule has 30 heavy (non-hydrogen) atoms. The summed E-state index contributed by atoms with van der Waals surface area (Å²) in [5, 5.41) is 13.6. The molecule has 0 amide bonds. The van der Waals surface area contributed by atoms with Crippen molar-refractivity contribution in [3.8, 4) is 6.07 Å². The van der Waals surface area contributed by atoms with E-state index < -0.39 is 0 Å². The van der Waals surface area contributed by atoms with Crippen molar-refractivity contribution in [3.05, 3.63) is 30.1 Å². The van der Waals surface area contributed by atoms with Crippen molar-refractivity contribution in [2.24, 2.45) is 46.8 Å². The minimum absolute atomic E-state index is 0.168. The quantitative estimate of drug-likeness (QED) is 0.520. The maximum Gasteiger partial charge on any atom is 0.102 e. The fourth-order valence-electron chi connectivity index (χ4n) is 8.77. The van der Waals surface area contributed by atoms with Crippen molar-refractivity contribution in [1.82, 2.24) is 9.78 Å². The molecule has 4 aliphatic rings. The highest BCUT2D eigenvalue weighted by atomic mass is 15.3. The fourth-order valence-corrected chi connectivity index (χ4v) is 8.77. The van der Waals surface area contributed by atoms with Crippen LogP contribution in [-0.2, 0) is 0 Å². The molecule has 5 rings (SSSR count). The first-order valence-electron chi connectivity index (χ1n) is 12.5. The first-order valence-corrected chi connectivity index (χ1v) is 12.5. The van der Waals surface area contributed by atoms with E-state index in [1.807, 2.05) is 10.9 Å². The second-order valence-corrected chi connectivity index (χ2v) is 11.6. The molecule has 4 aliphatic carbocycles. The van der Waals surface area contributed by atoms with Gasteiger partial charge in [-0.15, -0.1) is 0 Å². The Kier molecular flexibility index (Phi) is 5.11. The summed E-state index contributed by atoms with van der Waals surface area (Å²) in [7, 11) is 0. The molecule has 4 saturated carbocycles. The lowest BCUT2D eigenvalue weighted by Crippen LogP contribution is -2.48. The third-order valence-electron chi connectivity index (χ3n) is 10.3. The smallest absolute Gasteiger partial charge is 0.102 e. The summed E-state index contributed by atoms with van der Waals surface area (Å²) in [5.74, 6) is 6.46. The Morgan fingerprint density at radius 3 is 2.73 bits per heavy atom. The lowest BCUT2D eigenvalue weighted by atomic mass is 9.49. The molecule has 162 valence electrons. The summed E-state index contributed by atoms with van der Waals surface area (Å²) >= 11 is 0. The molecule has 3 nitrogen and oxygen atoms in total. The van der Waals surface area contributed by atoms with Crippen molar-refractivity contribution in [2.75, 3.05) is 0 Å². The van der Waals surface area contributed by atoms with Gasteiger partial charge in [-0.05, 0) is 111 Å². The Morgan fingerprint density at radius 2 is 1.97 bits per heavy atom. The van der Waals surface area contributed by atoms with Crippen LogP contribution in [0.1, 0.15) is 90.2 Å². The normalized spacial score (nSPS) is 43.7. The van der Waals surface area contributed by atoms with Gasteiger partial charge in [0.15, 0.2) is 0 Å². The molecular weight excluding hydrogens is 366 g/mol. The molecule has 0 spiro atoms. The standard InChI is InChI=1S/C27H39N3/c1-17-5-7-22-21(13-17)6-8-24-23(22)11-12-27(4)25(9-10-26(24)27)18(2)19(3)30-16-20(14-28)15-29-30/h15-17,19,21-26H,2,5-13H2,1,3-4H3. The third-order valence-corrected chi connectivity index (χ3v) is 10.3. The summed E-state index contributed by atoms with van der Waals surface area (Å²) in [5.41, 5.74) is 2.39. The third kappa shape index (κ3) is 3.09. The van der Waals surface area contributed by atoms with Crippen molar-refractivity contribution < 1.29 is 0 Å². The van der Waals surface area contributed by atoms with Crippen LogP contribution in [-0.4, -0.2) is 9.78 Å². The number of nitrogens with zero attached hydrogens (tertiary/aromatic N) is 3. The largest absolute Gasteiger partial charge is 0.265 e. The molecule has 9 unspecified atom stereocenters. The molecule has 1 aromatic rings. The molecule has 0 N–H and O–H groups in total. The molecule has 4 fully saturated rings. The topological polar surface area (TPSA) is 41.6 Å². The summed E-state index contributed by atoms with van der Waals surface area (Å²) in [6, 6.07) is 2.37. The monoisotopic (exact) mass is 405 g/mol. The van der Waals surface area contributed by atoms with Gasteiger partial charge in [0, 0.05) is 6.20 Å². The van der Waals surface area contributed by atoms with Gasteiger partial charge in [-0.3, -0.25) is 4.68 Å². The van der Waals surface area contributed by atoms with Gasteiger partial charge in [0.05, 0.1) is 17.8 Å². The Labute approximate surface area is 182 Å². The number of rotatable bonds is 3. The van der Waals surface area contributed by atoms with Crippen LogP contribution in [0.5, 0.6) is 0 Å². The van der Waals surface area contributed by atoms with E-state index in [9.17, 15) is 0 Å². The molecule has 0 bridgehead atoms. The number of allylic oxidation sites excluding steroid dienone is 1. The van der Waals surface area contributed by atoms with E-state index in [0.717, 1.165) is 35.5 Å². The predicted octanol–water partition coefficient (Wildman–Crippen LogP) is 6.78. The maximum atomic E-state index is 9.16. The zero-order chi connectivity index (χ0) is 21.0. The van der Waals surface area contributed by atoms with Crippen molar-refractivity contribution in [2.45, 2.75) is 84.6 Å². The zero-order valence-electron chi connectivity index (χ0n) is 19.2. The van der Waals surface area contributed by atoms with Crippen LogP contribution in [0.3, 0.4) is 0 Å². The van der Waals surface area contributed by atoms with Crippen LogP contribution in [0.2, 0.25) is 0 Å². The van der Waals surface area contributed by atoms with Crippen LogP contribution in [0, 0.1) is 58.2 Å². The molecule has 0 saturated heterocycles. The predicted molar refractivity (Wildman–Crippen MR) is 121 cm³/mol. The molecule has 0 aliphatic heterocycles. The van der Waals surface area contributed by atoms with Gasteiger partial charge in [-0.25, -0.2) is 0 Å². The van der Waals surface area contributed by atoms with Crippen LogP contribution in [0.4, 0.5) is 0 Å². The minimum atomic E-state index is 0.168. The second kappa shape index (κ2) is 7.54. The lowest BCUT2D eigenvalue weighted by molar-refractivity contribution is -0.0639. The van der Waals surface area contributed by atoms with Gasteiger partial charge < -0.3 is 0 Å². The van der Waals surface area contributed by atoms with E-state index in [1.54, 1.807) is 6.20 Å². The summed E-state index contributed by atoms with van der Waals surface area (Å²) in [6.45, 7) is 11.9. The second-order valence-electron chi connectivity index (χ2n) is 11.6. The van der Waals surface area contributed by atoms with E-state index in [-0.39, 0.29) is 6.04 Å². The summed E-state index contributed by atoms with van der Waals surface area (Å²) in [4.78, 5) is 0. The highest BCUT2D eigenvalue weighted by Crippen LogP contribution is 2.65. The van der Waals surface area contributed by atoms with E-state index in [4.69, 9.17) is 5.26 Å². The van der Waals surface area contributed by atoms with Gasteiger partial charge in [0.25, 0.3) is 0 Å². The van der Waals surface area contributed by atoms with Crippen LogP contribution in [0.15, 0.2) is 24.5 Å².